The fourth-order valence-corrected chi connectivity index (χ4v) is 2.01. The van der Waals surface area contributed by atoms with Crippen LogP contribution in [-0.4, -0.2) is 12.1 Å². The standard InChI is InChI=1S/C10H8F2N2OS/c1-2-7(12)6(4-11)8-3-5(9(13)15)10(14)16-8/h1,3-4,7H,14H2,(H2,13,15)/b6-4-. The van der Waals surface area contributed by atoms with Gasteiger partial charge in [-0.1, -0.05) is 5.92 Å². The van der Waals surface area contributed by atoms with Crippen molar-refractivity contribution in [2.75, 3.05) is 5.73 Å². The summed E-state index contributed by atoms with van der Waals surface area (Å²) in [6, 6.07) is 1.22. The number of terminal acetylenes is 1. The van der Waals surface area contributed by atoms with Crippen LogP contribution in [0, 0.1) is 12.3 Å². The summed E-state index contributed by atoms with van der Waals surface area (Å²) in [7, 11) is 0. The normalized spacial score (nSPS) is 13.2. The largest absolute Gasteiger partial charge is 0.390 e. The average Bonchev–Trinajstić information content (AvgIpc) is 2.61. The number of amides is 1. The number of alkyl halides is 1. The Hall–Kier alpha value is -1.87. The van der Waals surface area contributed by atoms with Crippen LogP contribution in [0.3, 0.4) is 0 Å². The molecule has 1 aromatic rings. The maximum Gasteiger partial charge on any atom is 0.251 e. The monoisotopic (exact) mass is 242 g/mol. The zero-order valence-corrected chi connectivity index (χ0v) is 8.85. The van der Waals surface area contributed by atoms with Gasteiger partial charge in [-0.05, 0) is 6.07 Å². The third-order valence-electron chi connectivity index (χ3n) is 1.85. The van der Waals surface area contributed by atoms with E-state index >= 15 is 0 Å². The smallest absolute Gasteiger partial charge is 0.251 e. The lowest BCUT2D eigenvalue weighted by Gasteiger charge is -2.01. The molecule has 0 saturated heterocycles. The molecule has 3 nitrogen and oxygen atoms in total. The molecule has 16 heavy (non-hydrogen) atoms. The Morgan fingerprint density at radius 1 is 1.69 bits per heavy atom. The molecular weight excluding hydrogens is 234 g/mol. The SMILES string of the molecule is C#CC(F)/C(=C/F)c1cc(C(N)=O)c(N)s1. The summed E-state index contributed by atoms with van der Waals surface area (Å²) in [5, 5.41) is 0.103. The van der Waals surface area contributed by atoms with Crippen LogP contribution in [0.2, 0.25) is 0 Å². The van der Waals surface area contributed by atoms with Crippen molar-refractivity contribution < 1.29 is 13.6 Å². The van der Waals surface area contributed by atoms with Crippen LogP contribution in [0.15, 0.2) is 12.4 Å². The fraction of sp³-hybridized carbons (Fsp3) is 0.100. The quantitative estimate of drug-likeness (QED) is 0.792. The number of carbonyl (C=O) groups excluding carboxylic acids is 1. The fourth-order valence-electron chi connectivity index (χ4n) is 1.06. The zero-order valence-electron chi connectivity index (χ0n) is 8.04. The maximum atomic E-state index is 13.1. The van der Waals surface area contributed by atoms with Crippen molar-refractivity contribution in [3.63, 3.8) is 0 Å². The van der Waals surface area contributed by atoms with Gasteiger partial charge < -0.3 is 11.5 Å². The molecule has 1 heterocycles. The molecule has 0 aliphatic heterocycles. The van der Waals surface area contributed by atoms with E-state index in [4.69, 9.17) is 17.9 Å². The first kappa shape index (κ1) is 12.2. The molecule has 1 amide bonds. The summed E-state index contributed by atoms with van der Waals surface area (Å²) >= 11 is 0.852. The predicted octanol–water partition coefficient (Wildman–Crippen LogP) is 1.71. The second-order valence-electron chi connectivity index (χ2n) is 2.85. The van der Waals surface area contributed by atoms with E-state index in [0.717, 1.165) is 11.3 Å². The summed E-state index contributed by atoms with van der Waals surface area (Å²) in [6.45, 7) is 0. The van der Waals surface area contributed by atoms with E-state index in [9.17, 15) is 13.6 Å². The lowest BCUT2D eigenvalue weighted by Crippen LogP contribution is -2.11. The van der Waals surface area contributed by atoms with Crippen molar-refractivity contribution in [3.8, 4) is 12.3 Å². The minimum Gasteiger partial charge on any atom is -0.390 e. The Labute approximate surface area is 94.7 Å². The second kappa shape index (κ2) is 4.77. The average molecular weight is 242 g/mol. The summed E-state index contributed by atoms with van der Waals surface area (Å²) in [4.78, 5) is 11.0. The molecule has 0 spiro atoms. The summed E-state index contributed by atoms with van der Waals surface area (Å²) in [5.74, 6) is 0.992. The van der Waals surface area contributed by atoms with Gasteiger partial charge in [0.05, 0.1) is 16.9 Å². The molecule has 6 heteroatoms. The highest BCUT2D eigenvalue weighted by atomic mass is 32.1. The zero-order chi connectivity index (χ0) is 12.3. The van der Waals surface area contributed by atoms with Gasteiger partial charge in [0.15, 0.2) is 6.17 Å². The molecule has 1 aromatic heterocycles. The van der Waals surface area contributed by atoms with Crippen LogP contribution < -0.4 is 11.5 Å². The van der Waals surface area contributed by atoms with Gasteiger partial charge >= 0.3 is 0 Å². The van der Waals surface area contributed by atoms with Crippen molar-refractivity contribution in [1.82, 2.24) is 0 Å². The van der Waals surface area contributed by atoms with Gasteiger partial charge in [-0.25, -0.2) is 8.78 Å². The Kier molecular flexibility index (Phi) is 3.64. The first-order valence-electron chi connectivity index (χ1n) is 4.11. The molecule has 0 aromatic carbocycles. The molecule has 1 atom stereocenters. The number of allylic oxidation sites excluding steroid dienone is 1. The second-order valence-corrected chi connectivity index (χ2v) is 3.93. The highest BCUT2D eigenvalue weighted by Gasteiger charge is 2.18. The first-order valence-corrected chi connectivity index (χ1v) is 4.92. The Bertz CT molecular complexity index is 487. The van der Waals surface area contributed by atoms with Crippen molar-refractivity contribution in [2.45, 2.75) is 6.17 Å². The topological polar surface area (TPSA) is 69.1 Å². The van der Waals surface area contributed by atoms with Gasteiger partial charge in [0.1, 0.15) is 0 Å². The number of hydrogen-bond acceptors (Lipinski definition) is 3. The molecule has 0 aliphatic carbocycles. The number of carbonyl (C=O) groups is 1. The molecule has 1 unspecified atom stereocenters. The van der Waals surface area contributed by atoms with E-state index in [-0.39, 0.29) is 27.3 Å². The molecule has 0 saturated carbocycles. The number of nitrogens with two attached hydrogens (primary N) is 2. The summed E-state index contributed by atoms with van der Waals surface area (Å²) < 4.78 is 25.6. The number of hydrogen-bond donors (Lipinski definition) is 2. The van der Waals surface area contributed by atoms with Crippen LogP contribution in [0.5, 0.6) is 0 Å². The minimum absolute atomic E-state index is 0.0311. The van der Waals surface area contributed by atoms with Crippen molar-refractivity contribution in [2.24, 2.45) is 5.73 Å². The maximum absolute atomic E-state index is 13.1. The lowest BCUT2D eigenvalue weighted by molar-refractivity contribution is 0.100. The van der Waals surface area contributed by atoms with Gasteiger partial charge in [0.25, 0.3) is 5.91 Å². The number of primary amides is 1. The molecule has 0 aliphatic rings. The summed E-state index contributed by atoms with van der Waals surface area (Å²) in [6.07, 6.45) is 3.01. The van der Waals surface area contributed by atoms with Crippen LogP contribution in [0.4, 0.5) is 13.8 Å². The summed E-state index contributed by atoms with van der Waals surface area (Å²) in [5.41, 5.74) is 10.2. The Morgan fingerprint density at radius 3 is 2.69 bits per heavy atom. The lowest BCUT2D eigenvalue weighted by atomic mass is 10.1. The molecule has 0 fully saturated rings. The van der Waals surface area contributed by atoms with E-state index in [0.29, 0.717) is 0 Å². The molecule has 84 valence electrons. The van der Waals surface area contributed by atoms with Crippen molar-refractivity contribution >= 4 is 27.8 Å². The number of halogens is 2. The van der Waals surface area contributed by atoms with Crippen LogP contribution in [-0.2, 0) is 0 Å². The Balaban J connectivity index is 3.20. The molecule has 0 bridgehead atoms. The van der Waals surface area contributed by atoms with E-state index in [1.807, 2.05) is 0 Å². The third-order valence-corrected chi connectivity index (χ3v) is 2.86. The molecule has 1 rings (SSSR count). The van der Waals surface area contributed by atoms with E-state index in [1.165, 1.54) is 6.07 Å². The molecule has 4 N–H and O–H groups in total. The number of rotatable bonds is 3. The van der Waals surface area contributed by atoms with Gasteiger partial charge in [-0.15, -0.1) is 17.8 Å². The first-order chi connectivity index (χ1) is 7.51. The van der Waals surface area contributed by atoms with Crippen LogP contribution in [0.25, 0.3) is 5.57 Å². The van der Waals surface area contributed by atoms with E-state index in [2.05, 4.69) is 0 Å². The van der Waals surface area contributed by atoms with E-state index < -0.39 is 12.1 Å². The van der Waals surface area contributed by atoms with Gasteiger partial charge in [-0.2, -0.15) is 0 Å². The highest BCUT2D eigenvalue weighted by molar-refractivity contribution is 7.17. The van der Waals surface area contributed by atoms with Crippen LogP contribution in [0.1, 0.15) is 15.2 Å². The third kappa shape index (κ3) is 2.20. The van der Waals surface area contributed by atoms with Gasteiger partial charge in [-0.3, -0.25) is 4.79 Å². The van der Waals surface area contributed by atoms with Crippen LogP contribution >= 0.6 is 11.3 Å². The number of thiophene rings is 1. The predicted molar refractivity (Wildman–Crippen MR) is 60.1 cm³/mol. The Morgan fingerprint density at radius 2 is 2.31 bits per heavy atom. The van der Waals surface area contributed by atoms with Crippen molar-refractivity contribution in [1.29, 1.82) is 0 Å². The molecule has 0 radical (unpaired) electrons. The molecular formula is C10H8F2N2OS. The highest BCUT2D eigenvalue weighted by Crippen LogP contribution is 2.32. The van der Waals surface area contributed by atoms with Crippen molar-refractivity contribution in [3.05, 3.63) is 22.8 Å². The van der Waals surface area contributed by atoms with Gasteiger partial charge in [0.2, 0.25) is 0 Å². The number of nitrogen functional groups attached to an aromatic ring is 1. The minimum atomic E-state index is -1.89. The van der Waals surface area contributed by atoms with E-state index in [1.54, 1.807) is 5.92 Å². The number of anilines is 1. The van der Waals surface area contributed by atoms with Gasteiger partial charge in [0, 0.05) is 10.5 Å².